The molecule has 3 heteroatoms. The monoisotopic (exact) mass is 309 g/mol. The summed E-state index contributed by atoms with van der Waals surface area (Å²) < 4.78 is 5.26. The van der Waals surface area contributed by atoms with E-state index < -0.39 is 0 Å². The molecule has 3 atom stereocenters. The molecule has 1 N–H and O–H groups in total. The minimum Gasteiger partial charge on any atom is -0.497 e. The number of benzene rings is 1. The van der Waals surface area contributed by atoms with Crippen molar-refractivity contribution in [2.24, 2.45) is 5.92 Å². The molecule has 0 aliphatic carbocycles. The van der Waals surface area contributed by atoms with E-state index in [9.17, 15) is 0 Å². The molecule has 0 spiro atoms. The van der Waals surface area contributed by atoms with Gasteiger partial charge in [0.25, 0.3) is 0 Å². The number of methoxy groups -OCH3 is 1. The summed E-state index contributed by atoms with van der Waals surface area (Å²) in [6.45, 7) is 12.5. The van der Waals surface area contributed by atoms with Crippen LogP contribution in [0.15, 0.2) is 24.3 Å². The number of hydrogen-bond donors (Lipinski definition) is 1. The maximum absolute atomic E-state index is 5.26. The van der Waals surface area contributed by atoms with Gasteiger partial charge in [-0.3, -0.25) is 0 Å². The van der Waals surface area contributed by atoms with Crippen LogP contribution in [0.25, 0.3) is 0 Å². The molecule has 0 fully saturated rings. The maximum Gasteiger partial charge on any atom is 0.118 e. The van der Waals surface area contributed by atoms with Crippen LogP contribution in [-0.4, -0.2) is 24.2 Å². The molecule has 0 radical (unpaired) electrons. The summed E-state index contributed by atoms with van der Waals surface area (Å²) in [4.78, 5) is 0. The summed E-state index contributed by atoms with van der Waals surface area (Å²) in [5.41, 5.74) is 1.35. The van der Waals surface area contributed by atoms with Crippen molar-refractivity contribution in [3.8, 4) is 5.75 Å². The Kier molecular flexibility index (Phi) is 8.20. The molecule has 0 aromatic heterocycles. The highest BCUT2D eigenvalue weighted by Gasteiger charge is 2.22. The van der Waals surface area contributed by atoms with E-state index in [0.29, 0.717) is 22.5 Å². The van der Waals surface area contributed by atoms with Gasteiger partial charge in [-0.15, -0.1) is 0 Å². The Morgan fingerprint density at radius 3 is 2.14 bits per heavy atom. The lowest BCUT2D eigenvalue weighted by molar-refractivity contribution is 0.414. The Labute approximate surface area is 135 Å². The van der Waals surface area contributed by atoms with Crippen molar-refractivity contribution in [3.63, 3.8) is 0 Å². The van der Waals surface area contributed by atoms with Crippen LogP contribution in [-0.2, 0) is 0 Å². The molecule has 0 heterocycles. The summed E-state index contributed by atoms with van der Waals surface area (Å²) in [7, 11) is 1.71. The Morgan fingerprint density at radius 2 is 1.67 bits per heavy atom. The highest BCUT2D eigenvalue weighted by molar-refractivity contribution is 8.00. The van der Waals surface area contributed by atoms with Crippen molar-refractivity contribution >= 4 is 11.8 Å². The molecule has 0 amide bonds. The van der Waals surface area contributed by atoms with Gasteiger partial charge >= 0.3 is 0 Å². The average molecular weight is 310 g/mol. The SMILES string of the molecule is CCCNC(c1ccc(OC)cc1)C(C)SC(C)C(C)C. The minimum atomic E-state index is 0.391. The second kappa shape index (κ2) is 9.37. The quantitative estimate of drug-likeness (QED) is 0.701. The van der Waals surface area contributed by atoms with Crippen molar-refractivity contribution < 1.29 is 4.74 Å². The lowest BCUT2D eigenvalue weighted by atomic mass is 10.0. The molecule has 3 unspecified atom stereocenters. The Hall–Kier alpha value is -0.670. The zero-order valence-electron chi connectivity index (χ0n) is 14.3. The number of nitrogens with one attached hydrogen (secondary N) is 1. The van der Waals surface area contributed by atoms with Gasteiger partial charge in [-0.25, -0.2) is 0 Å². The summed E-state index contributed by atoms with van der Waals surface area (Å²) in [6, 6.07) is 8.87. The van der Waals surface area contributed by atoms with Crippen LogP contribution in [0.1, 0.15) is 52.6 Å². The molecular formula is C18H31NOS. The molecule has 0 saturated heterocycles. The highest BCUT2D eigenvalue weighted by Crippen LogP contribution is 2.32. The van der Waals surface area contributed by atoms with E-state index >= 15 is 0 Å². The molecule has 2 nitrogen and oxygen atoms in total. The second-order valence-electron chi connectivity index (χ2n) is 6.00. The predicted octanol–water partition coefficient (Wildman–Crippen LogP) is 4.90. The number of rotatable bonds is 9. The van der Waals surface area contributed by atoms with Crippen LogP contribution in [0.4, 0.5) is 0 Å². The molecule has 0 aliphatic heterocycles. The van der Waals surface area contributed by atoms with Crippen LogP contribution >= 0.6 is 11.8 Å². The first-order valence-corrected chi connectivity index (χ1v) is 8.96. The highest BCUT2D eigenvalue weighted by atomic mass is 32.2. The molecule has 1 rings (SSSR count). The molecule has 0 aliphatic rings. The van der Waals surface area contributed by atoms with Crippen molar-refractivity contribution in [1.29, 1.82) is 0 Å². The van der Waals surface area contributed by atoms with Gasteiger partial charge in [-0.05, 0) is 36.6 Å². The maximum atomic E-state index is 5.26. The van der Waals surface area contributed by atoms with Crippen LogP contribution in [0.3, 0.4) is 0 Å². The van der Waals surface area contributed by atoms with Gasteiger partial charge in [0, 0.05) is 16.5 Å². The van der Waals surface area contributed by atoms with Crippen molar-refractivity contribution in [1.82, 2.24) is 5.32 Å². The number of ether oxygens (including phenoxy) is 1. The fraction of sp³-hybridized carbons (Fsp3) is 0.667. The van der Waals surface area contributed by atoms with Crippen molar-refractivity contribution in [3.05, 3.63) is 29.8 Å². The third kappa shape index (κ3) is 5.91. The molecule has 1 aromatic carbocycles. The Morgan fingerprint density at radius 1 is 1.05 bits per heavy atom. The lowest BCUT2D eigenvalue weighted by Gasteiger charge is -2.29. The molecule has 120 valence electrons. The van der Waals surface area contributed by atoms with Crippen LogP contribution in [0, 0.1) is 5.92 Å². The number of thioether (sulfide) groups is 1. The lowest BCUT2D eigenvalue weighted by Crippen LogP contribution is -2.30. The van der Waals surface area contributed by atoms with E-state index in [2.05, 4.69) is 76.0 Å². The summed E-state index contributed by atoms with van der Waals surface area (Å²) in [5, 5.41) is 4.92. The van der Waals surface area contributed by atoms with Gasteiger partial charge in [0.2, 0.25) is 0 Å². The van der Waals surface area contributed by atoms with Gasteiger partial charge in [0.15, 0.2) is 0 Å². The van der Waals surface area contributed by atoms with Crippen LogP contribution in [0.5, 0.6) is 5.75 Å². The fourth-order valence-corrected chi connectivity index (χ4v) is 3.64. The van der Waals surface area contributed by atoms with Crippen molar-refractivity contribution in [2.75, 3.05) is 13.7 Å². The molecule has 1 aromatic rings. The Bertz CT molecular complexity index is 391. The predicted molar refractivity (Wildman–Crippen MR) is 95.4 cm³/mol. The third-order valence-electron chi connectivity index (χ3n) is 3.93. The summed E-state index contributed by atoms with van der Waals surface area (Å²) >= 11 is 2.08. The minimum absolute atomic E-state index is 0.391. The van der Waals surface area contributed by atoms with Gasteiger partial charge in [0.05, 0.1) is 7.11 Å². The van der Waals surface area contributed by atoms with E-state index in [4.69, 9.17) is 4.74 Å². The normalized spacial score (nSPS) is 15.8. The van der Waals surface area contributed by atoms with Crippen LogP contribution < -0.4 is 10.1 Å². The molecule has 0 saturated carbocycles. The zero-order chi connectivity index (χ0) is 15.8. The Balaban J connectivity index is 2.82. The van der Waals surface area contributed by atoms with E-state index in [1.54, 1.807) is 7.11 Å². The van der Waals surface area contributed by atoms with E-state index in [1.165, 1.54) is 5.56 Å². The largest absolute Gasteiger partial charge is 0.497 e. The average Bonchev–Trinajstić information content (AvgIpc) is 2.48. The first-order valence-electron chi connectivity index (χ1n) is 8.02. The zero-order valence-corrected chi connectivity index (χ0v) is 15.2. The first kappa shape index (κ1) is 18.4. The molecule has 21 heavy (non-hydrogen) atoms. The molecule has 0 bridgehead atoms. The smallest absolute Gasteiger partial charge is 0.118 e. The van der Waals surface area contributed by atoms with Gasteiger partial charge in [-0.1, -0.05) is 46.8 Å². The summed E-state index contributed by atoms with van der Waals surface area (Å²) in [6.07, 6.45) is 1.16. The van der Waals surface area contributed by atoms with E-state index in [0.717, 1.165) is 18.7 Å². The molecular weight excluding hydrogens is 278 g/mol. The third-order valence-corrected chi connectivity index (χ3v) is 5.60. The van der Waals surface area contributed by atoms with Gasteiger partial charge in [-0.2, -0.15) is 11.8 Å². The summed E-state index contributed by atoms with van der Waals surface area (Å²) in [5.74, 6) is 1.63. The van der Waals surface area contributed by atoms with E-state index in [-0.39, 0.29) is 0 Å². The van der Waals surface area contributed by atoms with E-state index in [1.807, 2.05) is 0 Å². The van der Waals surface area contributed by atoms with Gasteiger partial charge < -0.3 is 10.1 Å². The van der Waals surface area contributed by atoms with Gasteiger partial charge in [0.1, 0.15) is 5.75 Å². The first-order chi connectivity index (χ1) is 9.99. The standard InChI is InChI=1S/C18H31NOS/c1-7-12-19-18(15(5)21-14(4)13(2)3)16-8-10-17(20-6)11-9-16/h8-11,13-15,18-19H,7,12H2,1-6H3. The topological polar surface area (TPSA) is 21.3 Å². The number of hydrogen-bond acceptors (Lipinski definition) is 3. The fourth-order valence-electron chi connectivity index (χ4n) is 2.24. The van der Waals surface area contributed by atoms with Crippen molar-refractivity contribution in [2.45, 2.75) is 57.6 Å². The van der Waals surface area contributed by atoms with Crippen LogP contribution in [0.2, 0.25) is 0 Å². The second-order valence-corrected chi connectivity index (χ2v) is 7.75.